The summed E-state index contributed by atoms with van der Waals surface area (Å²) in [5.74, 6) is 0.217. The van der Waals surface area contributed by atoms with Gasteiger partial charge in [-0.05, 0) is 24.9 Å². The molecule has 2 saturated heterocycles. The Hall–Kier alpha value is -1.43. The van der Waals surface area contributed by atoms with Gasteiger partial charge in [0.1, 0.15) is 0 Å². The normalized spacial score (nSPS) is 23.4. The topological polar surface area (TPSA) is 47.0 Å². The Balaban J connectivity index is 1.45. The molecule has 0 saturated carbocycles. The fourth-order valence-electron chi connectivity index (χ4n) is 3.75. The number of rotatable bonds is 5. The highest BCUT2D eigenvalue weighted by Crippen LogP contribution is 2.17. The van der Waals surface area contributed by atoms with Crippen LogP contribution in [0, 0.1) is 0 Å². The molecule has 3 rings (SSSR count). The van der Waals surface area contributed by atoms with Crippen LogP contribution in [0.5, 0.6) is 0 Å². The minimum absolute atomic E-state index is 0.165. The maximum absolute atomic E-state index is 12.6. The second-order valence-electron chi connectivity index (χ2n) is 6.95. The molecule has 2 aliphatic rings. The van der Waals surface area contributed by atoms with Crippen LogP contribution in [0.4, 0.5) is 0 Å². The van der Waals surface area contributed by atoms with Crippen LogP contribution in [0.15, 0.2) is 30.3 Å². The summed E-state index contributed by atoms with van der Waals surface area (Å²) in [5.41, 5.74) is 1.33. The fourth-order valence-corrected chi connectivity index (χ4v) is 3.75. The molecule has 0 spiro atoms. The molecule has 1 N–H and O–H groups in total. The molecule has 0 radical (unpaired) electrons. The molecule has 2 fully saturated rings. The molecule has 5 heteroatoms. The average molecular weight is 331 g/mol. The van der Waals surface area contributed by atoms with Gasteiger partial charge in [0.15, 0.2) is 0 Å². The van der Waals surface area contributed by atoms with Gasteiger partial charge in [-0.2, -0.15) is 0 Å². The summed E-state index contributed by atoms with van der Waals surface area (Å²) >= 11 is 0. The van der Waals surface area contributed by atoms with E-state index < -0.39 is 0 Å². The van der Waals surface area contributed by atoms with E-state index in [0.29, 0.717) is 6.54 Å². The largest absolute Gasteiger partial charge is 0.395 e. The van der Waals surface area contributed by atoms with Crippen LogP contribution in [0.2, 0.25) is 0 Å². The van der Waals surface area contributed by atoms with Gasteiger partial charge in [0, 0.05) is 38.8 Å². The van der Waals surface area contributed by atoms with E-state index in [1.165, 1.54) is 5.56 Å². The first-order valence-electron chi connectivity index (χ1n) is 9.15. The van der Waals surface area contributed by atoms with Gasteiger partial charge in [0.25, 0.3) is 0 Å². The number of nitrogens with zero attached hydrogens (tertiary/aromatic N) is 3. The van der Waals surface area contributed by atoms with Crippen LogP contribution in [0.25, 0.3) is 0 Å². The lowest BCUT2D eigenvalue weighted by Crippen LogP contribution is -2.53. The maximum atomic E-state index is 12.6. The Kier molecular flexibility index (Phi) is 6.24. The fraction of sp³-hybridized carbons (Fsp3) is 0.632. The quantitative estimate of drug-likeness (QED) is 0.880. The number of aliphatic hydroxyl groups excluding tert-OH is 1. The van der Waals surface area contributed by atoms with Gasteiger partial charge >= 0.3 is 0 Å². The van der Waals surface area contributed by atoms with Crippen LogP contribution in [0.1, 0.15) is 24.8 Å². The lowest BCUT2D eigenvalue weighted by Gasteiger charge is -2.38. The summed E-state index contributed by atoms with van der Waals surface area (Å²) in [4.78, 5) is 19.1. The number of benzene rings is 1. The number of hydrogen-bond acceptors (Lipinski definition) is 4. The highest BCUT2D eigenvalue weighted by molar-refractivity contribution is 5.78. The van der Waals surface area contributed by atoms with Gasteiger partial charge < -0.3 is 10.0 Å². The third kappa shape index (κ3) is 4.56. The minimum Gasteiger partial charge on any atom is -0.395 e. The van der Waals surface area contributed by atoms with Crippen molar-refractivity contribution in [2.24, 2.45) is 0 Å². The van der Waals surface area contributed by atoms with Crippen LogP contribution in [0.3, 0.4) is 0 Å². The lowest BCUT2D eigenvalue weighted by atomic mass is 10.0. The summed E-state index contributed by atoms with van der Waals surface area (Å²) in [7, 11) is 0. The molecule has 2 heterocycles. The zero-order valence-corrected chi connectivity index (χ0v) is 14.4. The van der Waals surface area contributed by atoms with Crippen molar-refractivity contribution >= 4 is 5.91 Å². The highest BCUT2D eigenvalue weighted by atomic mass is 16.3. The second kappa shape index (κ2) is 8.60. The van der Waals surface area contributed by atoms with Crippen molar-refractivity contribution in [1.29, 1.82) is 0 Å². The van der Waals surface area contributed by atoms with Crippen LogP contribution >= 0.6 is 0 Å². The molecule has 24 heavy (non-hydrogen) atoms. The van der Waals surface area contributed by atoms with Crippen molar-refractivity contribution in [3.05, 3.63) is 35.9 Å². The molecular formula is C19H29N3O2. The van der Waals surface area contributed by atoms with Crippen molar-refractivity contribution in [1.82, 2.24) is 14.7 Å². The van der Waals surface area contributed by atoms with Gasteiger partial charge in [-0.3, -0.25) is 14.6 Å². The number of hydrogen-bond donors (Lipinski definition) is 1. The number of piperidine rings is 1. The monoisotopic (exact) mass is 331 g/mol. The van der Waals surface area contributed by atoms with Crippen LogP contribution in [-0.2, 0) is 11.3 Å². The third-order valence-corrected chi connectivity index (χ3v) is 5.27. The summed E-state index contributed by atoms with van der Waals surface area (Å²) in [5, 5.41) is 9.49. The molecule has 1 amide bonds. The summed E-state index contributed by atoms with van der Waals surface area (Å²) < 4.78 is 0. The highest BCUT2D eigenvalue weighted by Gasteiger charge is 2.27. The first-order chi connectivity index (χ1) is 11.8. The van der Waals surface area contributed by atoms with E-state index in [4.69, 9.17) is 0 Å². The number of carbonyl (C=O) groups is 1. The molecule has 5 nitrogen and oxygen atoms in total. The summed E-state index contributed by atoms with van der Waals surface area (Å²) in [6.07, 6.45) is 3.30. The predicted molar refractivity (Wildman–Crippen MR) is 94.6 cm³/mol. The van der Waals surface area contributed by atoms with E-state index in [1.807, 2.05) is 11.0 Å². The summed E-state index contributed by atoms with van der Waals surface area (Å²) in [6.45, 7) is 6.01. The SMILES string of the molecule is O=C(CN1CCCCC1CO)N1CCN(Cc2ccccc2)CC1. The Morgan fingerprint density at radius 1 is 1.04 bits per heavy atom. The first kappa shape index (κ1) is 17.4. The van der Waals surface area contributed by atoms with Crippen molar-refractivity contribution in [2.45, 2.75) is 31.8 Å². The van der Waals surface area contributed by atoms with Gasteiger partial charge in [0.05, 0.1) is 13.2 Å². The standard InChI is InChI=1S/C19H29N3O2/c23-16-18-8-4-5-9-22(18)15-19(24)21-12-10-20(11-13-21)14-17-6-2-1-3-7-17/h1-3,6-7,18,23H,4-5,8-16H2. The van der Waals surface area contributed by atoms with Gasteiger partial charge in [-0.15, -0.1) is 0 Å². The number of carbonyl (C=O) groups excluding carboxylic acids is 1. The van der Waals surface area contributed by atoms with Crippen molar-refractivity contribution in [2.75, 3.05) is 45.9 Å². The third-order valence-electron chi connectivity index (χ3n) is 5.27. The molecule has 2 aliphatic heterocycles. The number of piperazine rings is 1. The van der Waals surface area contributed by atoms with E-state index in [2.05, 4.69) is 34.1 Å². The van der Waals surface area contributed by atoms with E-state index in [-0.39, 0.29) is 18.6 Å². The van der Waals surface area contributed by atoms with Crippen molar-refractivity contribution in [3.63, 3.8) is 0 Å². The summed E-state index contributed by atoms with van der Waals surface area (Å²) in [6, 6.07) is 10.7. The molecule has 0 aliphatic carbocycles. The molecule has 1 aromatic carbocycles. The lowest BCUT2D eigenvalue weighted by molar-refractivity contribution is -0.135. The van der Waals surface area contributed by atoms with Gasteiger partial charge in [0.2, 0.25) is 5.91 Å². The van der Waals surface area contributed by atoms with Gasteiger partial charge in [-0.25, -0.2) is 0 Å². The zero-order chi connectivity index (χ0) is 16.8. The molecule has 0 bridgehead atoms. The predicted octanol–water partition coefficient (Wildman–Crippen LogP) is 1.18. The molecule has 1 unspecified atom stereocenters. The molecular weight excluding hydrogens is 302 g/mol. The first-order valence-corrected chi connectivity index (χ1v) is 9.15. The zero-order valence-electron chi connectivity index (χ0n) is 14.4. The Morgan fingerprint density at radius 2 is 1.79 bits per heavy atom. The number of aliphatic hydroxyl groups is 1. The second-order valence-corrected chi connectivity index (χ2v) is 6.95. The van der Waals surface area contributed by atoms with Crippen LogP contribution < -0.4 is 0 Å². The van der Waals surface area contributed by atoms with E-state index in [9.17, 15) is 9.90 Å². The number of likely N-dealkylation sites (tertiary alicyclic amines) is 1. The molecule has 132 valence electrons. The average Bonchev–Trinajstić information content (AvgIpc) is 2.63. The maximum Gasteiger partial charge on any atom is 0.236 e. The van der Waals surface area contributed by atoms with Crippen molar-refractivity contribution < 1.29 is 9.90 Å². The Labute approximate surface area is 144 Å². The van der Waals surface area contributed by atoms with Crippen LogP contribution in [-0.4, -0.2) is 77.6 Å². The van der Waals surface area contributed by atoms with E-state index >= 15 is 0 Å². The molecule has 1 aromatic rings. The minimum atomic E-state index is 0.165. The molecule has 1 atom stereocenters. The Bertz CT molecular complexity index is 515. The van der Waals surface area contributed by atoms with E-state index in [1.54, 1.807) is 0 Å². The van der Waals surface area contributed by atoms with Crippen molar-refractivity contribution in [3.8, 4) is 0 Å². The Morgan fingerprint density at radius 3 is 2.50 bits per heavy atom. The van der Waals surface area contributed by atoms with E-state index in [0.717, 1.165) is 58.5 Å². The smallest absolute Gasteiger partial charge is 0.236 e. The molecule has 0 aromatic heterocycles. The van der Waals surface area contributed by atoms with Gasteiger partial charge in [-0.1, -0.05) is 36.8 Å². The number of amides is 1.